The standard InChI is InChI=1S/C23H27N5O3/c1-13-8-14(2)26-23(30)18(13)11-24-22(29)17-9-16(19-12-25-28(5)15(19)3)10-20-21(17)31-7-6-27(20)4/h8-10,12H,6-7,11H2,1-5H3,(H,24,29)(H,26,30). The summed E-state index contributed by atoms with van der Waals surface area (Å²) in [6.07, 6.45) is 1.80. The van der Waals surface area contributed by atoms with Gasteiger partial charge >= 0.3 is 0 Å². The number of nitrogens with one attached hydrogen (secondary N) is 2. The highest BCUT2D eigenvalue weighted by atomic mass is 16.5. The number of hydrogen-bond donors (Lipinski definition) is 2. The number of aryl methyl sites for hydroxylation is 3. The lowest BCUT2D eigenvalue weighted by molar-refractivity contribution is 0.0946. The summed E-state index contributed by atoms with van der Waals surface area (Å²) in [5.41, 5.74) is 6.18. The first-order chi connectivity index (χ1) is 14.8. The molecule has 0 spiro atoms. The van der Waals surface area contributed by atoms with Gasteiger partial charge in [-0.25, -0.2) is 0 Å². The van der Waals surface area contributed by atoms with Crippen LogP contribution in [0, 0.1) is 20.8 Å². The fourth-order valence-corrected chi connectivity index (χ4v) is 3.93. The first-order valence-electron chi connectivity index (χ1n) is 10.2. The molecule has 31 heavy (non-hydrogen) atoms. The molecule has 0 bridgehead atoms. The van der Waals surface area contributed by atoms with Gasteiger partial charge in [-0.2, -0.15) is 5.10 Å². The molecule has 4 rings (SSSR count). The van der Waals surface area contributed by atoms with E-state index in [1.165, 1.54) is 0 Å². The summed E-state index contributed by atoms with van der Waals surface area (Å²) in [6, 6.07) is 5.77. The molecule has 0 unspecified atom stereocenters. The number of likely N-dealkylation sites (N-methyl/N-ethyl adjacent to an activating group) is 1. The lowest BCUT2D eigenvalue weighted by Gasteiger charge is -2.29. The SMILES string of the molecule is Cc1cc(C)c(CNC(=O)c2cc(-c3cnn(C)c3C)cc3c2OCCN3C)c(=O)[nH]1. The van der Waals surface area contributed by atoms with Crippen LogP contribution in [-0.4, -0.2) is 40.9 Å². The third-order valence-corrected chi connectivity index (χ3v) is 5.86. The van der Waals surface area contributed by atoms with E-state index in [0.717, 1.165) is 40.3 Å². The van der Waals surface area contributed by atoms with Gasteiger partial charge in [0.1, 0.15) is 6.61 Å². The number of pyridine rings is 1. The van der Waals surface area contributed by atoms with E-state index in [-0.39, 0.29) is 18.0 Å². The Morgan fingerprint density at radius 3 is 2.68 bits per heavy atom. The maximum absolute atomic E-state index is 13.2. The van der Waals surface area contributed by atoms with Gasteiger partial charge in [0.15, 0.2) is 5.75 Å². The summed E-state index contributed by atoms with van der Waals surface area (Å²) in [7, 11) is 3.87. The molecule has 0 saturated heterocycles. The number of ether oxygens (including phenoxy) is 1. The minimum Gasteiger partial charge on any atom is -0.489 e. The highest BCUT2D eigenvalue weighted by Crippen LogP contribution is 2.39. The van der Waals surface area contributed by atoms with Crippen molar-refractivity contribution < 1.29 is 9.53 Å². The zero-order valence-corrected chi connectivity index (χ0v) is 18.5. The Balaban J connectivity index is 1.72. The number of benzene rings is 1. The van der Waals surface area contributed by atoms with Crippen LogP contribution in [0.3, 0.4) is 0 Å². The predicted molar refractivity (Wildman–Crippen MR) is 120 cm³/mol. The highest BCUT2D eigenvalue weighted by molar-refractivity contribution is 6.01. The van der Waals surface area contributed by atoms with Crippen molar-refractivity contribution in [3.8, 4) is 16.9 Å². The number of hydrogen-bond acceptors (Lipinski definition) is 5. The molecule has 2 N–H and O–H groups in total. The number of fused-ring (bicyclic) bond motifs is 1. The molecular weight excluding hydrogens is 394 g/mol. The molecule has 0 fully saturated rings. The van der Waals surface area contributed by atoms with E-state index in [1.54, 1.807) is 10.9 Å². The third-order valence-electron chi connectivity index (χ3n) is 5.86. The lowest BCUT2D eigenvalue weighted by Crippen LogP contribution is -2.32. The maximum atomic E-state index is 13.2. The van der Waals surface area contributed by atoms with Crippen molar-refractivity contribution >= 4 is 11.6 Å². The van der Waals surface area contributed by atoms with Gasteiger partial charge in [0.05, 0.1) is 24.0 Å². The normalized spacial score (nSPS) is 13.0. The van der Waals surface area contributed by atoms with Crippen molar-refractivity contribution in [2.75, 3.05) is 25.1 Å². The van der Waals surface area contributed by atoms with Crippen molar-refractivity contribution in [3.63, 3.8) is 0 Å². The molecule has 0 atom stereocenters. The van der Waals surface area contributed by atoms with Crippen LogP contribution in [0.1, 0.15) is 32.9 Å². The molecule has 2 aromatic heterocycles. The zero-order chi connectivity index (χ0) is 22.3. The fourth-order valence-electron chi connectivity index (χ4n) is 3.93. The van der Waals surface area contributed by atoms with Gasteiger partial charge < -0.3 is 19.9 Å². The number of rotatable bonds is 4. The van der Waals surface area contributed by atoms with Crippen molar-refractivity contribution in [2.45, 2.75) is 27.3 Å². The van der Waals surface area contributed by atoms with E-state index in [0.29, 0.717) is 23.5 Å². The smallest absolute Gasteiger partial charge is 0.255 e. The van der Waals surface area contributed by atoms with Crippen molar-refractivity contribution in [2.24, 2.45) is 7.05 Å². The second kappa shape index (κ2) is 7.94. The second-order valence-electron chi connectivity index (χ2n) is 8.04. The van der Waals surface area contributed by atoms with E-state index in [9.17, 15) is 9.59 Å². The first-order valence-corrected chi connectivity index (χ1v) is 10.2. The average molecular weight is 422 g/mol. The van der Waals surface area contributed by atoms with E-state index < -0.39 is 0 Å². The van der Waals surface area contributed by atoms with E-state index in [4.69, 9.17) is 4.74 Å². The summed E-state index contributed by atoms with van der Waals surface area (Å²) >= 11 is 0. The van der Waals surface area contributed by atoms with Crippen LogP contribution >= 0.6 is 0 Å². The Labute approximate surface area is 180 Å². The van der Waals surface area contributed by atoms with Gasteiger partial charge in [0.25, 0.3) is 11.5 Å². The number of amides is 1. The number of carbonyl (C=O) groups excluding carboxylic acids is 1. The van der Waals surface area contributed by atoms with Gasteiger partial charge in [-0.1, -0.05) is 0 Å². The molecule has 1 amide bonds. The monoisotopic (exact) mass is 421 g/mol. The summed E-state index contributed by atoms with van der Waals surface area (Å²) in [5, 5.41) is 7.24. The van der Waals surface area contributed by atoms with Crippen LogP contribution in [0.5, 0.6) is 5.75 Å². The van der Waals surface area contributed by atoms with Gasteiger partial charge in [-0.3, -0.25) is 14.3 Å². The summed E-state index contributed by atoms with van der Waals surface area (Å²) in [6.45, 7) is 7.08. The number of carbonyl (C=O) groups is 1. The number of anilines is 1. The molecule has 162 valence electrons. The highest BCUT2D eigenvalue weighted by Gasteiger charge is 2.25. The van der Waals surface area contributed by atoms with Gasteiger partial charge in [-0.05, 0) is 50.1 Å². The van der Waals surface area contributed by atoms with Crippen LogP contribution in [0.15, 0.2) is 29.2 Å². The second-order valence-corrected chi connectivity index (χ2v) is 8.04. The molecule has 1 aliphatic heterocycles. The molecule has 1 aromatic carbocycles. The maximum Gasteiger partial charge on any atom is 0.255 e. The van der Waals surface area contributed by atoms with Gasteiger partial charge in [-0.15, -0.1) is 0 Å². The Morgan fingerprint density at radius 1 is 1.23 bits per heavy atom. The summed E-state index contributed by atoms with van der Waals surface area (Å²) in [4.78, 5) is 30.4. The van der Waals surface area contributed by atoms with E-state index >= 15 is 0 Å². The number of aromatic nitrogens is 3. The van der Waals surface area contributed by atoms with Crippen molar-refractivity contribution in [1.29, 1.82) is 0 Å². The topological polar surface area (TPSA) is 92.2 Å². The largest absolute Gasteiger partial charge is 0.489 e. The molecule has 0 aliphatic carbocycles. The first kappa shape index (κ1) is 20.7. The zero-order valence-electron chi connectivity index (χ0n) is 18.5. The molecule has 8 heteroatoms. The van der Waals surface area contributed by atoms with Crippen LogP contribution in [0.2, 0.25) is 0 Å². The molecular formula is C23H27N5O3. The summed E-state index contributed by atoms with van der Waals surface area (Å²) in [5.74, 6) is 0.278. The van der Waals surface area contributed by atoms with Crippen LogP contribution in [0.25, 0.3) is 11.1 Å². The lowest BCUT2D eigenvalue weighted by atomic mass is 10.00. The van der Waals surface area contributed by atoms with E-state index in [2.05, 4.69) is 20.3 Å². The fraction of sp³-hybridized carbons (Fsp3) is 0.348. The molecule has 8 nitrogen and oxygen atoms in total. The third kappa shape index (κ3) is 3.81. The predicted octanol–water partition coefficient (Wildman–Crippen LogP) is 2.46. The Morgan fingerprint density at radius 2 is 2.00 bits per heavy atom. The number of nitrogens with zero attached hydrogens (tertiary/aromatic N) is 3. The van der Waals surface area contributed by atoms with Gasteiger partial charge in [0.2, 0.25) is 0 Å². The quantitative estimate of drug-likeness (QED) is 0.675. The van der Waals surface area contributed by atoms with Crippen LogP contribution in [-0.2, 0) is 13.6 Å². The molecule has 0 radical (unpaired) electrons. The Hall–Kier alpha value is -3.55. The van der Waals surface area contributed by atoms with Gasteiger partial charge in [0, 0.05) is 43.2 Å². The molecule has 3 aromatic rings. The molecule has 3 heterocycles. The van der Waals surface area contributed by atoms with E-state index in [1.807, 2.05) is 53.1 Å². The summed E-state index contributed by atoms with van der Waals surface area (Å²) < 4.78 is 7.70. The minimum absolute atomic E-state index is 0.140. The Bertz CT molecular complexity index is 1220. The molecule has 1 aliphatic rings. The Kier molecular flexibility index (Phi) is 5.31. The minimum atomic E-state index is -0.283. The number of aromatic amines is 1. The average Bonchev–Trinajstić information content (AvgIpc) is 3.05. The van der Waals surface area contributed by atoms with Crippen molar-refractivity contribution in [1.82, 2.24) is 20.1 Å². The number of H-pyrrole nitrogens is 1. The van der Waals surface area contributed by atoms with Crippen molar-refractivity contribution in [3.05, 3.63) is 62.8 Å². The van der Waals surface area contributed by atoms with Crippen LogP contribution < -0.4 is 20.5 Å². The molecule has 0 saturated carbocycles. The van der Waals surface area contributed by atoms with Crippen LogP contribution in [0.4, 0.5) is 5.69 Å².